The molecule has 1 aromatic heterocycles. The van der Waals surface area contributed by atoms with Gasteiger partial charge in [0.1, 0.15) is 4.75 Å². The number of benzene rings is 3. The first-order valence-electron chi connectivity index (χ1n) is 8.84. The first kappa shape index (κ1) is 22.9. The van der Waals surface area contributed by atoms with Gasteiger partial charge in [0.25, 0.3) is 0 Å². The second-order valence-electron chi connectivity index (χ2n) is 7.07. The third-order valence-electron chi connectivity index (χ3n) is 4.71. The molecule has 1 N–H and O–H groups in total. The molecule has 0 aliphatic carbocycles. The number of nitriles is 1. The van der Waals surface area contributed by atoms with Gasteiger partial charge in [-0.2, -0.15) is 5.26 Å². The van der Waals surface area contributed by atoms with Crippen LogP contribution in [0.5, 0.6) is 0 Å². The number of imidazole rings is 1. The van der Waals surface area contributed by atoms with Crippen LogP contribution in [0.4, 0.5) is 0 Å². The number of nitrogens with zero attached hydrogens (tertiary/aromatic N) is 3. The number of rotatable bonds is 4. The zero-order valence-electron chi connectivity index (χ0n) is 15.7. The monoisotopic (exact) mass is 489 g/mol. The minimum atomic E-state index is -1.06. The van der Waals surface area contributed by atoms with Gasteiger partial charge in [-0.3, -0.25) is 9.36 Å². The summed E-state index contributed by atoms with van der Waals surface area (Å²) in [6.45, 7) is 3.33. The van der Waals surface area contributed by atoms with Crippen molar-refractivity contribution in [2.45, 2.75) is 23.8 Å². The van der Waals surface area contributed by atoms with Gasteiger partial charge in [-0.1, -0.05) is 52.0 Å². The van der Waals surface area contributed by atoms with Crippen molar-refractivity contribution < 1.29 is 9.90 Å². The van der Waals surface area contributed by atoms with E-state index in [0.717, 1.165) is 32.0 Å². The Morgan fingerprint density at radius 2 is 1.87 bits per heavy atom. The molecule has 146 valence electrons. The number of carboxylic acid groups (broad SMARTS) is 1. The minimum absolute atomic E-state index is 0. The number of carboxylic acids is 1. The van der Waals surface area contributed by atoms with Gasteiger partial charge in [0.2, 0.25) is 0 Å². The number of halogens is 1. The fourth-order valence-electron chi connectivity index (χ4n) is 3.18. The van der Waals surface area contributed by atoms with Crippen LogP contribution in [0, 0.1) is 11.3 Å². The van der Waals surface area contributed by atoms with Gasteiger partial charge in [0, 0.05) is 15.2 Å². The van der Waals surface area contributed by atoms with Crippen LogP contribution in [0.1, 0.15) is 19.4 Å². The second-order valence-corrected chi connectivity index (χ2v) is 9.58. The molecule has 4 aromatic rings. The molecule has 0 unspecified atom stereocenters. The Morgan fingerprint density at radius 1 is 1.17 bits per heavy atom. The molecule has 4 rings (SSSR count). The van der Waals surface area contributed by atoms with Gasteiger partial charge in [-0.25, -0.2) is 4.98 Å². The maximum absolute atomic E-state index is 11.7. The first-order valence-corrected chi connectivity index (χ1v) is 10.5. The molecular formula is C22H17BrN3NaO2S. The molecule has 0 aliphatic heterocycles. The van der Waals surface area contributed by atoms with Crippen molar-refractivity contribution in [1.29, 1.82) is 5.26 Å². The summed E-state index contributed by atoms with van der Waals surface area (Å²) in [5.74, 6) is -0.910. The van der Waals surface area contributed by atoms with E-state index >= 15 is 0 Å². The zero-order chi connectivity index (χ0) is 20.8. The second kappa shape index (κ2) is 8.74. The standard InChI is InChI=1S/C22H16BrN3O2S.Na.H/c1-22(2,20(27)28)29-21-25-17-11-14(23)8-10-19(17)26(21)18-9-7-13(12-24)15-5-3-4-6-16(15)18;;/h3-11H,1-2H3,(H,27,28);;. The summed E-state index contributed by atoms with van der Waals surface area (Å²) in [5.41, 5.74) is 3.08. The molecule has 0 amide bonds. The van der Waals surface area contributed by atoms with Crippen molar-refractivity contribution >= 4 is 85.0 Å². The van der Waals surface area contributed by atoms with E-state index in [9.17, 15) is 15.2 Å². The van der Waals surface area contributed by atoms with E-state index in [1.165, 1.54) is 11.8 Å². The molecule has 3 aromatic carbocycles. The number of aliphatic carboxylic acids is 1. The van der Waals surface area contributed by atoms with Crippen molar-refractivity contribution in [3.05, 3.63) is 64.6 Å². The van der Waals surface area contributed by atoms with E-state index in [1.807, 2.05) is 53.1 Å². The van der Waals surface area contributed by atoms with Gasteiger partial charge in [-0.15, -0.1) is 0 Å². The summed E-state index contributed by atoms with van der Waals surface area (Å²) in [6.07, 6.45) is 0. The normalized spacial score (nSPS) is 11.3. The fourth-order valence-corrected chi connectivity index (χ4v) is 4.50. The number of thioether (sulfide) groups is 1. The molecular weight excluding hydrogens is 473 g/mol. The summed E-state index contributed by atoms with van der Waals surface area (Å²) in [4.78, 5) is 16.5. The zero-order valence-corrected chi connectivity index (χ0v) is 18.1. The van der Waals surface area contributed by atoms with Crippen molar-refractivity contribution in [3.63, 3.8) is 0 Å². The fraction of sp³-hybridized carbons (Fsp3) is 0.136. The molecule has 5 nitrogen and oxygen atoms in total. The molecule has 0 fully saturated rings. The van der Waals surface area contributed by atoms with Crippen molar-refractivity contribution in [3.8, 4) is 11.8 Å². The average molecular weight is 490 g/mol. The van der Waals surface area contributed by atoms with Crippen LogP contribution in [0.2, 0.25) is 0 Å². The SMILES string of the molecule is CC(C)(Sc1nc2cc(Br)ccc2n1-c1ccc(C#N)c2ccccc12)C(=O)O.[NaH]. The van der Waals surface area contributed by atoms with Crippen LogP contribution in [0.3, 0.4) is 0 Å². The van der Waals surface area contributed by atoms with Gasteiger partial charge in [-0.05, 0) is 44.2 Å². The quantitative estimate of drug-likeness (QED) is 0.318. The van der Waals surface area contributed by atoms with Gasteiger partial charge in [0.15, 0.2) is 5.16 Å². The van der Waals surface area contributed by atoms with Gasteiger partial charge < -0.3 is 5.11 Å². The van der Waals surface area contributed by atoms with Crippen LogP contribution in [0.25, 0.3) is 27.5 Å². The molecule has 8 heteroatoms. The Bertz CT molecular complexity index is 1330. The number of carbonyl (C=O) groups is 1. The average Bonchev–Trinajstić information content (AvgIpc) is 3.02. The number of hydrogen-bond acceptors (Lipinski definition) is 4. The number of aromatic nitrogens is 2. The van der Waals surface area contributed by atoms with Crippen molar-refractivity contribution in [2.75, 3.05) is 0 Å². The van der Waals surface area contributed by atoms with Crippen LogP contribution in [-0.4, -0.2) is 54.9 Å². The third kappa shape index (κ3) is 4.03. The van der Waals surface area contributed by atoms with E-state index < -0.39 is 10.7 Å². The summed E-state index contributed by atoms with van der Waals surface area (Å²) in [5, 5.41) is 21.4. The van der Waals surface area contributed by atoms with Crippen LogP contribution in [0.15, 0.2) is 64.2 Å². The summed E-state index contributed by atoms with van der Waals surface area (Å²) in [6, 6.07) is 19.4. The maximum atomic E-state index is 11.7. The van der Waals surface area contributed by atoms with E-state index in [-0.39, 0.29) is 29.6 Å². The number of hydrogen-bond donors (Lipinski definition) is 1. The molecule has 0 radical (unpaired) electrons. The summed E-state index contributed by atoms with van der Waals surface area (Å²) >= 11 is 4.68. The molecule has 0 saturated heterocycles. The predicted molar refractivity (Wildman–Crippen MR) is 126 cm³/mol. The molecule has 0 atom stereocenters. The molecule has 0 aliphatic rings. The first-order chi connectivity index (χ1) is 13.8. The van der Waals surface area contributed by atoms with Gasteiger partial charge in [0.05, 0.1) is 28.4 Å². The Labute approximate surface area is 208 Å². The predicted octanol–water partition coefficient (Wildman–Crippen LogP) is 5.12. The summed E-state index contributed by atoms with van der Waals surface area (Å²) < 4.78 is 1.81. The van der Waals surface area contributed by atoms with Crippen molar-refractivity contribution in [1.82, 2.24) is 9.55 Å². The van der Waals surface area contributed by atoms with Crippen LogP contribution < -0.4 is 0 Å². The van der Waals surface area contributed by atoms with E-state index in [1.54, 1.807) is 19.9 Å². The van der Waals surface area contributed by atoms with Crippen molar-refractivity contribution in [2.24, 2.45) is 0 Å². The van der Waals surface area contributed by atoms with Crippen LogP contribution in [-0.2, 0) is 4.79 Å². The summed E-state index contributed by atoms with van der Waals surface area (Å²) in [7, 11) is 0. The topological polar surface area (TPSA) is 78.9 Å². The van der Waals surface area contributed by atoms with Gasteiger partial charge >= 0.3 is 35.5 Å². The van der Waals surface area contributed by atoms with E-state index in [0.29, 0.717) is 10.7 Å². The Morgan fingerprint density at radius 3 is 2.53 bits per heavy atom. The van der Waals surface area contributed by atoms with E-state index in [4.69, 9.17) is 4.98 Å². The van der Waals surface area contributed by atoms with Crippen LogP contribution >= 0.6 is 27.7 Å². The molecule has 30 heavy (non-hydrogen) atoms. The molecule has 0 saturated carbocycles. The molecule has 1 heterocycles. The Balaban J connectivity index is 0.00000256. The van der Waals surface area contributed by atoms with E-state index in [2.05, 4.69) is 22.0 Å². The third-order valence-corrected chi connectivity index (χ3v) is 6.34. The Kier molecular flexibility index (Phi) is 6.66. The number of fused-ring (bicyclic) bond motifs is 2. The molecule has 0 spiro atoms. The Hall–Kier alpha value is -1.82. The molecule has 0 bridgehead atoms.